The molecule has 0 spiro atoms. The zero-order chi connectivity index (χ0) is 23.0. The molecule has 0 unspecified atom stereocenters. The van der Waals surface area contributed by atoms with Gasteiger partial charge in [0.05, 0.1) is 6.20 Å². The summed E-state index contributed by atoms with van der Waals surface area (Å²) >= 11 is 0. The molecule has 2 amide bonds. The first-order chi connectivity index (χ1) is 15.1. The summed E-state index contributed by atoms with van der Waals surface area (Å²) in [7, 11) is 3.13. The summed E-state index contributed by atoms with van der Waals surface area (Å²) in [5.74, 6) is -0.523. The highest BCUT2D eigenvalue weighted by Gasteiger charge is 2.34. The number of carbonyl (C=O) groups is 2. The van der Waals surface area contributed by atoms with Crippen LogP contribution in [0.4, 0.5) is 10.2 Å². The number of carbonyl (C=O) groups excluding carboxylic acids is 2. The van der Waals surface area contributed by atoms with Gasteiger partial charge in [-0.2, -0.15) is 5.10 Å². The van der Waals surface area contributed by atoms with E-state index in [1.54, 1.807) is 36.1 Å². The zero-order valence-corrected chi connectivity index (χ0v) is 18.0. The van der Waals surface area contributed by atoms with Gasteiger partial charge >= 0.3 is 0 Å². The fourth-order valence-electron chi connectivity index (χ4n) is 3.43. The molecule has 2 aromatic heterocycles. The van der Waals surface area contributed by atoms with Gasteiger partial charge in [0.2, 0.25) is 0 Å². The van der Waals surface area contributed by atoms with Crippen molar-refractivity contribution in [1.82, 2.24) is 20.1 Å². The second-order valence-electron chi connectivity index (χ2n) is 8.00. The smallest absolute Gasteiger partial charge is 0.272 e. The van der Waals surface area contributed by atoms with Crippen LogP contribution >= 0.6 is 0 Å². The molecular formula is C22H22FN5O4. The van der Waals surface area contributed by atoms with Crippen molar-refractivity contribution in [2.75, 3.05) is 12.4 Å². The van der Waals surface area contributed by atoms with E-state index < -0.39 is 23.2 Å². The summed E-state index contributed by atoms with van der Waals surface area (Å²) in [5.41, 5.74) is 0.207. The maximum absolute atomic E-state index is 14.3. The average molecular weight is 439 g/mol. The molecule has 32 heavy (non-hydrogen) atoms. The second-order valence-corrected chi connectivity index (χ2v) is 8.00. The van der Waals surface area contributed by atoms with E-state index in [4.69, 9.17) is 9.47 Å². The van der Waals surface area contributed by atoms with E-state index in [0.29, 0.717) is 23.7 Å². The Hall–Kier alpha value is -3.95. The van der Waals surface area contributed by atoms with Gasteiger partial charge in [0.25, 0.3) is 11.8 Å². The number of pyridine rings is 1. The van der Waals surface area contributed by atoms with E-state index in [1.807, 2.05) is 13.8 Å². The molecule has 4 rings (SSSR count). The molecule has 1 aromatic carbocycles. The summed E-state index contributed by atoms with van der Waals surface area (Å²) in [6.07, 6.45) is 3.50. The Kier molecular flexibility index (Phi) is 5.29. The fourth-order valence-corrected chi connectivity index (χ4v) is 3.43. The van der Waals surface area contributed by atoms with Crippen molar-refractivity contribution in [2.24, 2.45) is 7.05 Å². The predicted molar refractivity (Wildman–Crippen MR) is 114 cm³/mol. The average Bonchev–Trinajstić information content (AvgIpc) is 3.28. The second kappa shape index (κ2) is 7.95. The van der Waals surface area contributed by atoms with Gasteiger partial charge in [-0.25, -0.2) is 9.37 Å². The van der Waals surface area contributed by atoms with Crippen LogP contribution in [-0.2, 0) is 13.5 Å². The Labute approximate surface area is 183 Å². The lowest BCUT2D eigenvalue weighted by Gasteiger charge is -2.16. The zero-order valence-electron chi connectivity index (χ0n) is 18.0. The molecule has 1 aliphatic rings. The Morgan fingerprint density at radius 1 is 1.25 bits per heavy atom. The number of ether oxygens (including phenoxy) is 2. The van der Waals surface area contributed by atoms with Crippen LogP contribution in [0.2, 0.25) is 0 Å². The van der Waals surface area contributed by atoms with Crippen molar-refractivity contribution in [3.05, 3.63) is 59.3 Å². The van der Waals surface area contributed by atoms with E-state index in [0.717, 1.165) is 11.6 Å². The molecule has 0 bridgehead atoms. The predicted octanol–water partition coefficient (Wildman–Crippen LogP) is 3.07. The minimum atomic E-state index is -0.820. The highest BCUT2D eigenvalue weighted by molar-refractivity contribution is 6.04. The number of benzene rings is 1. The third kappa shape index (κ3) is 4.25. The molecule has 0 saturated carbocycles. The van der Waals surface area contributed by atoms with E-state index >= 15 is 0 Å². The van der Waals surface area contributed by atoms with Crippen molar-refractivity contribution in [1.29, 1.82) is 0 Å². The van der Waals surface area contributed by atoms with Gasteiger partial charge in [0, 0.05) is 50.0 Å². The molecule has 0 radical (unpaired) electrons. The van der Waals surface area contributed by atoms with Crippen LogP contribution in [0.15, 0.2) is 36.7 Å². The van der Waals surface area contributed by atoms with Crippen LogP contribution in [0, 0.1) is 5.82 Å². The summed E-state index contributed by atoms with van der Waals surface area (Å²) in [6.45, 7) is 3.84. The van der Waals surface area contributed by atoms with Crippen LogP contribution in [-0.4, -0.2) is 39.2 Å². The third-order valence-corrected chi connectivity index (χ3v) is 4.86. The van der Waals surface area contributed by atoms with Gasteiger partial charge in [0.15, 0.2) is 17.3 Å². The first kappa shape index (κ1) is 21.3. The van der Waals surface area contributed by atoms with Gasteiger partial charge in [0.1, 0.15) is 22.8 Å². The number of halogens is 1. The Morgan fingerprint density at radius 2 is 2.03 bits per heavy atom. The van der Waals surface area contributed by atoms with Crippen LogP contribution in [0.25, 0.3) is 0 Å². The molecule has 1 aliphatic heterocycles. The summed E-state index contributed by atoms with van der Waals surface area (Å²) in [6, 6.07) is 5.95. The number of nitrogens with one attached hydrogen (secondary N) is 2. The molecule has 2 N–H and O–H groups in total. The fraction of sp³-hybridized carbons (Fsp3) is 0.273. The third-order valence-electron chi connectivity index (χ3n) is 4.86. The monoisotopic (exact) mass is 439 g/mol. The Balaban J connectivity index is 1.67. The van der Waals surface area contributed by atoms with Gasteiger partial charge in [-0.3, -0.25) is 14.3 Å². The van der Waals surface area contributed by atoms with Gasteiger partial charge in [-0.05, 0) is 26.0 Å². The topological polar surface area (TPSA) is 107 Å². The van der Waals surface area contributed by atoms with Crippen LogP contribution in [0.1, 0.15) is 40.3 Å². The number of anilines is 1. The first-order valence-electron chi connectivity index (χ1n) is 9.87. The van der Waals surface area contributed by atoms with Crippen molar-refractivity contribution in [2.45, 2.75) is 25.9 Å². The van der Waals surface area contributed by atoms with Crippen molar-refractivity contribution in [3.63, 3.8) is 0 Å². The summed E-state index contributed by atoms with van der Waals surface area (Å²) in [5, 5.41) is 9.19. The number of rotatable bonds is 5. The summed E-state index contributed by atoms with van der Waals surface area (Å²) < 4.78 is 27.8. The maximum atomic E-state index is 14.3. The van der Waals surface area contributed by atoms with E-state index in [9.17, 15) is 14.0 Å². The molecule has 3 heterocycles. The molecule has 0 fully saturated rings. The van der Waals surface area contributed by atoms with Gasteiger partial charge in [-0.1, -0.05) is 0 Å². The van der Waals surface area contributed by atoms with Crippen LogP contribution < -0.4 is 20.1 Å². The molecular weight excluding hydrogens is 417 g/mol. The number of aryl methyl sites for hydroxylation is 1. The van der Waals surface area contributed by atoms with Gasteiger partial charge in [-0.15, -0.1) is 0 Å². The van der Waals surface area contributed by atoms with E-state index in [1.165, 1.54) is 13.2 Å². The van der Waals surface area contributed by atoms with Crippen molar-refractivity contribution in [3.8, 4) is 17.2 Å². The lowest BCUT2D eigenvalue weighted by Crippen LogP contribution is -2.24. The Morgan fingerprint density at radius 3 is 2.69 bits per heavy atom. The number of aromatic nitrogens is 3. The molecule has 0 atom stereocenters. The SMILES string of the molecule is CNC(=O)c1ncc(Oc2cc(C(=O)Nc3ccn(C)n3)cc3c2CC(C)(C)O3)cc1F. The minimum absolute atomic E-state index is 0.0874. The molecule has 166 valence electrons. The van der Waals surface area contributed by atoms with Crippen molar-refractivity contribution < 1.29 is 23.5 Å². The minimum Gasteiger partial charge on any atom is -0.487 e. The van der Waals surface area contributed by atoms with E-state index in [2.05, 4.69) is 20.7 Å². The number of nitrogens with zero attached hydrogens (tertiary/aromatic N) is 3. The largest absolute Gasteiger partial charge is 0.487 e. The standard InChI is InChI=1S/C22H22FN5O4/c1-22(2)10-14-16(31-13-9-15(23)19(25-11-13)21(30)24-3)7-12(8-17(14)32-22)20(29)26-18-5-6-28(4)27-18/h5-9,11H,10H2,1-4H3,(H,24,30)(H,26,27,29). The molecule has 10 heteroatoms. The maximum Gasteiger partial charge on any atom is 0.272 e. The van der Waals surface area contributed by atoms with Crippen molar-refractivity contribution >= 4 is 17.6 Å². The molecule has 3 aromatic rings. The quantitative estimate of drug-likeness (QED) is 0.633. The Bertz CT molecular complexity index is 1220. The number of hydrogen-bond acceptors (Lipinski definition) is 6. The number of hydrogen-bond donors (Lipinski definition) is 2. The van der Waals surface area contributed by atoms with Gasteiger partial charge < -0.3 is 20.1 Å². The summed E-state index contributed by atoms with van der Waals surface area (Å²) in [4.78, 5) is 28.3. The van der Waals surface area contributed by atoms with E-state index in [-0.39, 0.29) is 17.0 Å². The molecule has 0 saturated heterocycles. The molecule has 9 nitrogen and oxygen atoms in total. The lowest BCUT2D eigenvalue weighted by molar-refractivity contribution is 0.0952. The highest BCUT2D eigenvalue weighted by Crippen LogP contribution is 2.43. The first-order valence-corrected chi connectivity index (χ1v) is 9.87. The number of fused-ring (bicyclic) bond motifs is 1. The normalized spacial score (nSPS) is 13.8. The van der Waals surface area contributed by atoms with Crippen LogP contribution in [0.5, 0.6) is 17.2 Å². The number of amides is 2. The van der Waals surface area contributed by atoms with Crippen LogP contribution in [0.3, 0.4) is 0 Å². The lowest BCUT2D eigenvalue weighted by atomic mass is 9.99. The highest BCUT2D eigenvalue weighted by atomic mass is 19.1. The molecule has 0 aliphatic carbocycles.